The number of carbonyl (C=O) groups excluding carboxylic acids is 1. The minimum Gasteiger partial charge on any atom is -0.342 e. The lowest BCUT2D eigenvalue weighted by atomic mass is 10.1. The third-order valence-corrected chi connectivity index (χ3v) is 1.60. The summed E-state index contributed by atoms with van der Waals surface area (Å²) in [5.74, 6) is -0.138. The Balaban J connectivity index is 2.34. The van der Waals surface area contributed by atoms with E-state index in [0.717, 1.165) is 6.39 Å². The van der Waals surface area contributed by atoms with Crippen LogP contribution in [0.4, 0.5) is 0 Å². The summed E-state index contributed by atoms with van der Waals surface area (Å²) in [6.07, 6.45) is 1.14. The van der Waals surface area contributed by atoms with Crippen molar-refractivity contribution in [1.29, 1.82) is 0 Å². The molecule has 1 aromatic carbocycles. The predicted octanol–water partition coefficient (Wildman–Crippen LogP) is 1.30. The molecule has 2 rings (SSSR count). The SMILES string of the molecule is O=C(c1ccccc1)c1ncon1. The van der Waals surface area contributed by atoms with Crippen LogP contribution in [0.25, 0.3) is 0 Å². The standard InChI is InChI=1S/C9H6N2O2/c12-8(9-10-6-13-11-9)7-4-2-1-3-5-7/h1-6H. The smallest absolute Gasteiger partial charge is 0.243 e. The summed E-state index contributed by atoms with van der Waals surface area (Å²) >= 11 is 0. The molecule has 2 aromatic rings. The zero-order valence-electron chi connectivity index (χ0n) is 6.68. The van der Waals surface area contributed by atoms with Gasteiger partial charge in [-0.3, -0.25) is 4.79 Å². The first-order valence-electron chi connectivity index (χ1n) is 3.74. The largest absolute Gasteiger partial charge is 0.342 e. The molecule has 0 saturated heterocycles. The Kier molecular flexibility index (Phi) is 1.88. The van der Waals surface area contributed by atoms with E-state index in [1.807, 2.05) is 6.07 Å². The third kappa shape index (κ3) is 1.46. The molecule has 0 aliphatic heterocycles. The first-order valence-corrected chi connectivity index (χ1v) is 3.74. The van der Waals surface area contributed by atoms with Crippen LogP contribution in [0.1, 0.15) is 16.2 Å². The van der Waals surface area contributed by atoms with Crippen LogP contribution in [0.3, 0.4) is 0 Å². The van der Waals surface area contributed by atoms with Gasteiger partial charge >= 0.3 is 0 Å². The van der Waals surface area contributed by atoms with Gasteiger partial charge in [-0.2, -0.15) is 4.98 Å². The van der Waals surface area contributed by atoms with Crippen LogP contribution in [-0.4, -0.2) is 15.9 Å². The summed E-state index contributed by atoms with van der Waals surface area (Å²) < 4.78 is 4.48. The maximum absolute atomic E-state index is 11.5. The first kappa shape index (κ1) is 7.67. The molecule has 0 unspecified atom stereocenters. The summed E-state index contributed by atoms with van der Waals surface area (Å²) in [5.41, 5.74) is 0.559. The number of aromatic nitrogens is 2. The highest BCUT2D eigenvalue weighted by Gasteiger charge is 2.12. The molecule has 0 spiro atoms. The summed E-state index contributed by atoms with van der Waals surface area (Å²) in [6, 6.07) is 8.82. The molecular weight excluding hydrogens is 168 g/mol. The van der Waals surface area contributed by atoms with E-state index in [9.17, 15) is 4.79 Å². The molecule has 0 N–H and O–H groups in total. The van der Waals surface area contributed by atoms with E-state index in [4.69, 9.17) is 0 Å². The molecule has 0 aliphatic carbocycles. The molecule has 64 valence electrons. The van der Waals surface area contributed by atoms with Gasteiger partial charge in [-0.05, 0) is 0 Å². The number of benzene rings is 1. The van der Waals surface area contributed by atoms with Gasteiger partial charge in [0.15, 0.2) is 0 Å². The lowest BCUT2D eigenvalue weighted by Gasteiger charge is -1.92. The van der Waals surface area contributed by atoms with Crippen molar-refractivity contribution in [2.45, 2.75) is 0 Å². The van der Waals surface area contributed by atoms with E-state index in [-0.39, 0.29) is 11.6 Å². The highest BCUT2D eigenvalue weighted by Crippen LogP contribution is 2.04. The lowest BCUT2D eigenvalue weighted by Crippen LogP contribution is -2.02. The highest BCUT2D eigenvalue weighted by atomic mass is 16.5. The monoisotopic (exact) mass is 174 g/mol. The average Bonchev–Trinajstić information content (AvgIpc) is 2.71. The second-order valence-corrected chi connectivity index (χ2v) is 2.45. The number of hydrogen-bond donors (Lipinski definition) is 0. The van der Waals surface area contributed by atoms with Gasteiger partial charge in [0.05, 0.1) is 0 Å². The Morgan fingerprint density at radius 2 is 2.00 bits per heavy atom. The minimum atomic E-state index is -0.227. The normalized spacial score (nSPS) is 9.85. The van der Waals surface area contributed by atoms with Gasteiger partial charge in [-0.25, -0.2) is 0 Å². The quantitative estimate of drug-likeness (QED) is 0.644. The maximum Gasteiger partial charge on any atom is 0.243 e. The van der Waals surface area contributed by atoms with Gasteiger partial charge in [0.25, 0.3) is 0 Å². The molecule has 1 heterocycles. The molecule has 13 heavy (non-hydrogen) atoms. The summed E-state index contributed by atoms with van der Waals surface area (Å²) in [4.78, 5) is 15.2. The van der Waals surface area contributed by atoms with Gasteiger partial charge < -0.3 is 4.52 Å². The number of hydrogen-bond acceptors (Lipinski definition) is 4. The molecule has 0 radical (unpaired) electrons. The Labute approximate surface area is 74.2 Å². The summed E-state index contributed by atoms with van der Waals surface area (Å²) in [6.45, 7) is 0. The average molecular weight is 174 g/mol. The molecule has 0 fully saturated rings. The molecule has 0 atom stereocenters. The number of rotatable bonds is 2. The molecule has 4 heteroatoms. The van der Waals surface area contributed by atoms with Crippen molar-refractivity contribution < 1.29 is 9.32 Å². The lowest BCUT2D eigenvalue weighted by molar-refractivity contribution is 0.102. The van der Waals surface area contributed by atoms with Gasteiger partial charge in [0, 0.05) is 5.56 Å². The van der Waals surface area contributed by atoms with Crippen molar-refractivity contribution >= 4 is 5.78 Å². The zero-order valence-corrected chi connectivity index (χ0v) is 6.68. The summed E-state index contributed by atoms with van der Waals surface area (Å²) in [5, 5.41) is 3.46. The van der Waals surface area contributed by atoms with Crippen LogP contribution in [0.5, 0.6) is 0 Å². The van der Waals surface area contributed by atoms with Crippen LogP contribution in [0.15, 0.2) is 41.2 Å². The molecular formula is C9H6N2O2. The molecule has 0 saturated carbocycles. The van der Waals surface area contributed by atoms with E-state index in [0.29, 0.717) is 5.56 Å². The topological polar surface area (TPSA) is 56.0 Å². The third-order valence-electron chi connectivity index (χ3n) is 1.60. The summed E-state index contributed by atoms with van der Waals surface area (Å²) in [7, 11) is 0. The van der Waals surface area contributed by atoms with E-state index < -0.39 is 0 Å². The van der Waals surface area contributed by atoms with Crippen molar-refractivity contribution in [3.8, 4) is 0 Å². The second kappa shape index (κ2) is 3.18. The van der Waals surface area contributed by atoms with Crippen molar-refractivity contribution in [3.63, 3.8) is 0 Å². The fraction of sp³-hybridized carbons (Fsp3) is 0. The molecule has 0 amide bonds. The highest BCUT2D eigenvalue weighted by molar-refractivity contribution is 6.06. The molecule has 1 aromatic heterocycles. The van der Waals surface area contributed by atoms with Crippen LogP contribution in [-0.2, 0) is 0 Å². The van der Waals surface area contributed by atoms with Gasteiger partial charge in [-0.15, -0.1) is 0 Å². The van der Waals surface area contributed by atoms with Crippen LogP contribution in [0.2, 0.25) is 0 Å². The van der Waals surface area contributed by atoms with E-state index in [1.54, 1.807) is 24.3 Å². The van der Waals surface area contributed by atoms with E-state index in [1.165, 1.54) is 0 Å². The Bertz CT molecular complexity index is 395. The van der Waals surface area contributed by atoms with E-state index >= 15 is 0 Å². The fourth-order valence-corrected chi connectivity index (χ4v) is 0.989. The number of ketones is 1. The first-order chi connectivity index (χ1) is 6.38. The van der Waals surface area contributed by atoms with Gasteiger partial charge in [0.1, 0.15) is 0 Å². The maximum atomic E-state index is 11.5. The molecule has 4 nitrogen and oxygen atoms in total. The van der Waals surface area contributed by atoms with Crippen molar-refractivity contribution in [2.24, 2.45) is 0 Å². The van der Waals surface area contributed by atoms with Crippen molar-refractivity contribution in [1.82, 2.24) is 10.1 Å². The van der Waals surface area contributed by atoms with Crippen LogP contribution >= 0.6 is 0 Å². The minimum absolute atomic E-state index is 0.0891. The van der Waals surface area contributed by atoms with E-state index in [2.05, 4.69) is 14.7 Å². The fourth-order valence-electron chi connectivity index (χ4n) is 0.989. The van der Waals surface area contributed by atoms with Gasteiger partial charge in [0.2, 0.25) is 18.0 Å². The van der Waals surface area contributed by atoms with Crippen LogP contribution < -0.4 is 0 Å². The second-order valence-electron chi connectivity index (χ2n) is 2.45. The Morgan fingerprint density at radius 3 is 2.62 bits per heavy atom. The number of carbonyl (C=O) groups is 1. The zero-order chi connectivity index (χ0) is 9.10. The van der Waals surface area contributed by atoms with Crippen molar-refractivity contribution in [2.75, 3.05) is 0 Å². The Morgan fingerprint density at radius 1 is 1.23 bits per heavy atom. The Hall–Kier alpha value is -1.97. The molecule has 0 aliphatic rings. The van der Waals surface area contributed by atoms with Crippen LogP contribution in [0, 0.1) is 0 Å². The van der Waals surface area contributed by atoms with Gasteiger partial charge in [-0.1, -0.05) is 35.5 Å². The predicted molar refractivity (Wildman–Crippen MR) is 44.2 cm³/mol. The molecule has 0 bridgehead atoms. The number of nitrogens with zero attached hydrogens (tertiary/aromatic N) is 2. The van der Waals surface area contributed by atoms with Crippen molar-refractivity contribution in [3.05, 3.63) is 48.1 Å².